The molecule has 0 aliphatic carbocycles. The highest BCUT2D eigenvalue weighted by molar-refractivity contribution is 5.99. The fourth-order valence-corrected chi connectivity index (χ4v) is 3.01. The van der Waals surface area contributed by atoms with Gasteiger partial charge in [-0.05, 0) is 48.5 Å². The maximum Gasteiger partial charge on any atom is 0.247 e. The SMILES string of the molecule is C=CC(=O)Nc1cccc(Nc2cc(Nc3ccc(OCc4ccccn4)c(O)c3)ncn2)c1. The molecule has 9 nitrogen and oxygen atoms in total. The summed E-state index contributed by atoms with van der Waals surface area (Å²) in [5.74, 6) is 1.12. The number of phenolic OH excluding ortho intramolecular Hbond substituents is 1. The lowest BCUT2D eigenvalue weighted by Crippen LogP contribution is -2.07. The van der Waals surface area contributed by atoms with Gasteiger partial charge in [-0.25, -0.2) is 9.97 Å². The molecule has 0 saturated heterocycles. The van der Waals surface area contributed by atoms with Crippen molar-refractivity contribution in [2.45, 2.75) is 6.61 Å². The largest absolute Gasteiger partial charge is 0.504 e. The van der Waals surface area contributed by atoms with Crippen molar-refractivity contribution in [3.05, 3.63) is 97.6 Å². The second-order valence-electron chi connectivity index (χ2n) is 7.10. The summed E-state index contributed by atoms with van der Waals surface area (Å²) < 4.78 is 5.65. The van der Waals surface area contributed by atoms with Gasteiger partial charge in [-0.3, -0.25) is 9.78 Å². The summed E-state index contributed by atoms with van der Waals surface area (Å²) >= 11 is 0. The van der Waals surface area contributed by atoms with Crippen LogP contribution in [-0.4, -0.2) is 26.0 Å². The molecular weight excluding hydrogens is 432 g/mol. The molecule has 0 saturated carbocycles. The molecule has 0 radical (unpaired) electrons. The van der Waals surface area contributed by atoms with Crippen LogP contribution >= 0.6 is 0 Å². The smallest absolute Gasteiger partial charge is 0.247 e. The number of aromatic nitrogens is 3. The number of hydrogen-bond acceptors (Lipinski definition) is 8. The number of nitrogens with zero attached hydrogens (tertiary/aromatic N) is 3. The Bertz CT molecular complexity index is 1300. The van der Waals surface area contributed by atoms with E-state index in [1.807, 2.05) is 30.3 Å². The zero-order valence-electron chi connectivity index (χ0n) is 18.1. The molecule has 0 fully saturated rings. The van der Waals surface area contributed by atoms with Crippen molar-refractivity contribution in [1.29, 1.82) is 0 Å². The topological polar surface area (TPSA) is 121 Å². The number of aromatic hydroxyl groups is 1. The van der Waals surface area contributed by atoms with Crippen LogP contribution in [0.4, 0.5) is 28.7 Å². The van der Waals surface area contributed by atoms with Gasteiger partial charge in [0.05, 0.1) is 5.69 Å². The Kier molecular flexibility index (Phi) is 6.94. The Balaban J connectivity index is 1.40. The van der Waals surface area contributed by atoms with E-state index in [4.69, 9.17) is 4.74 Å². The van der Waals surface area contributed by atoms with Gasteiger partial charge < -0.3 is 25.8 Å². The molecule has 0 bridgehead atoms. The fraction of sp³-hybridized carbons (Fsp3) is 0.0400. The molecule has 34 heavy (non-hydrogen) atoms. The van der Waals surface area contributed by atoms with Crippen LogP contribution in [-0.2, 0) is 11.4 Å². The van der Waals surface area contributed by atoms with Gasteiger partial charge in [0.15, 0.2) is 11.5 Å². The Labute approximate surface area is 196 Å². The van der Waals surface area contributed by atoms with E-state index in [0.29, 0.717) is 28.8 Å². The summed E-state index contributed by atoms with van der Waals surface area (Å²) in [6, 6.07) is 19.5. The summed E-state index contributed by atoms with van der Waals surface area (Å²) in [5.41, 5.74) is 2.75. The lowest BCUT2D eigenvalue weighted by atomic mass is 10.2. The molecule has 0 aliphatic rings. The number of amides is 1. The second kappa shape index (κ2) is 10.6. The number of pyridine rings is 1. The third-order valence-electron chi connectivity index (χ3n) is 4.59. The third-order valence-corrected chi connectivity index (χ3v) is 4.59. The zero-order chi connectivity index (χ0) is 23.8. The number of carbonyl (C=O) groups is 1. The predicted octanol–water partition coefficient (Wildman–Crippen LogP) is 4.77. The average Bonchev–Trinajstić information content (AvgIpc) is 2.84. The highest BCUT2D eigenvalue weighted by Crippen LogP contribution is 2.31. The van der Waals surface area contributed by atoms with Crippen LogP contribution in [0.5, 0.6) is 11.5 Å². The Morgan fingerprint density at radius 3 is 2.38 bits per heavy atom. The first kappa shape index (κ1) is 22.3. The molecule has 0 unspecified atom stereocenters. The first-order valence-corrected chi connectivity index (χ1v) is 10.3. The minimum Gasteiger partial charge on any atom is -0.504 e. The van der Waals surface area contributed by atoms with Gasteiger partial charge in [-0.1, -0.05) is 18.7 Å². The van der Waals surface area contributed by atoms with E-state index in [0.717, 1.165) is 11.4 Å². The first-order valence-electron chi connectivity index (χ1n) is 10.3. The van der Waals surface area contributed by atoms with Crippen LogP contribution in [0.3, 0.4) is 0 Å². The van der Waals surface area contributed by atoms with Crippen LogP contribution in [0.25, 0.3) is 0 Å². The lowest BCUT2D eigenvalue weighted by molar-refractivity contribution is -0.111. The number of anilines is 5. The van der Waals surface area contributed by atoms with E-state index in [2.05, 4.69) is 37.5 Å². The molecule has 0 aliphatic heterocycles. The molecule has 0 atom stereocenters. The molecule has 0 spiro atoms. The van der Waals surface area contributed by atoms with Crippen LogP contribution in [0, 0.1) is 0 Å². The van der Waals surface area contributed by atoms with E-state index < -0.39 is 0 Å². The van der Waals surface area contributed by atoms with Crippen molar-refractivity contribution in [3.8, 4) is 11.5 Å². The summed E-state index contributed by atoms with van der Waals surface area (Å²) in [6.45, 7) is 3.70. The highest BCUT2D eigenvalue weighted by atomic mass is 16.5. The summed E-state index contributed by atoms with van der Waals surface area (Å²) in [4.78, 5) is 24.2. The molecular formula is C25H22N6O3. The predicted molar refractivity (Wildman–Crippen MR) is 131 cm³/mol. The molecule has 170 valence electrons. The van der Waals surface area contributed by atoms with Crippen LogP contribution in [0.1, 0.15) is 5.69 Å². The molecule has 2 aromatic carbocycles. The van der Waals surface area contributed by atoms with Gasteiger partial charge in [-0.2, -0.15) is 0 Å². The van der Waals surface area contributed by atoms with E-state index >= 15 is 0 Å². The first-order chi connectivity index (χ1) is 16.6. The van der Waals surface area contributed by atoms with Gasteiger partial charge in [0.2, 0.25) is 5.91 Å². The number of phenols is 1. The monoisotopic (exact) mass is 454 g/mol. The maximum absolute atomic E-state index is 11.5. The van der Waals surface area contributed by atoms with Crippen molar-refractivity contribution < 1.29 is 14.6 Å². The Morgan fingerprint density at radius 2 is 1.68 bits per heavy atom. The molecule has 1 amide bonds. The number of rotatable bonds is 9. The average molecular weight is 454 g/mol. The van der Waals surface area contributed by atoms with Crippen molar-refractivity contribution in [3.63, 3.8) is 0 Å². The number of ether oxygens (including phenoxy) is 1. The van der Waals surface area contributed by atoms with Gasteiger partial charge in [0.25, 0.3) is 0 Å². The molecule has 4 N–H and O–H groups in total. The quantitative estimate of drug-likeness (QED) is 0.267. The minimum absolute atomic E-state index is 0.00766. The number of benzene rings is 2. The van der Waals surface area contributed by atoms with Crippen LogP contribution in [0.2, 0.25) is 0 Å². The van der Waals surface area contributed by atoms with Gasteiger partial charge in [-0.15, -0.1) is 0 Å². The minimum atomic E-state index is -0.290. The lowest BCUT2D eigenvalue weighted by Gasteiger charge is -2.12. The molecule has 2 heterocycles. The second-order valence-corrected chi connectivity index (χ2v) is 7.10. The van der Waals surface area contributed by atoms with Gasteiger partial charge >= 0.3 is 0 Å². The molecule has 9 heteroatoms. The highest BCUT2D eigenvalue weighted by Gasteiger charge is 2.07. The molecule has 2 aromatic heterocycles. The van der Waals surface area contributed by atoms with Crippen LogP contribution < -0.4 is 20.7 Å². The summed E-state index contributed by atoms with van der Waals surface area (Å²) in [7, 11) is 0. The van der Waals surface area contributed by atoms with E-state index in [1.165, 1.54) is 12.4 Å². The van der Waals surface area contributed by atoms with Crippen molar-refractivity contribution in [2.75, 3.05) is 16.0 Å². The van der Waals surface area contributed by atoms with Crippen molar-refractivity contribution in [1.82, 2.24) is 15.0 Å². The van der Waals surface area contributed by atoms with E-state index in [1.54, 1.807) is 42.6 Å². The van der Waals surface area contributed by atoms with Gasteiger partial charge in [0.1, 0.15) is 24.6 Å². The number of hydrogen-bond donors (Lipinski definition) is 4. The Hall–Kier alpha value is -4.92. The van der Waals surface area contributed by atoms with E-state index in [9.17, 15) is 9.90 Å². The maximum atomic E-state index is 11.5. The van der Waals surface area contributed by atoms with Gasteiger partial charge in [0, 0.05) is 35.4 Å². The van der Waals surface area contributed by atoms with Crippen molar-refractivity contribution in [2.24, 2.45) is 0 Å². The fourth-order valence-electron chi connectivity index (χ4n) is 3.01. The Morgan fingerprint density at radius 1 is 0.912 bits per heavy atom. The van der Waals surface area contributed by atoms with Crippen LogP contribution in [0.15, 0.2) is 91.9 Å². The number of carbonyl (C=O) groups excluding carboxylic acids is 1. The normalized spacial score (nSPS) is 10.2. The summed E-state index contributed by atoms with van der Waals surface area (Å²) in [6.07, 6.45) is 4.31. The molecule has 4 aromatic rings. The van der Waals surface area contributed by atoms with Crippen molar-refractivity contribution >= 4 is 34.6 Å². The zero-order valence-corrected chi connectivity index (χ0v) is 18.1. The molecule has 4 rings (SSSR count). The van der Waals surface area contributed by atoms with E-state index in [-0.39, 0.29) is 18.3 Å². The third kappa shape index (κ3) is 6.07. The standard InChI is InChI=1S/C25H22N6O3/c1-2-25(33)31-18-8-5-7-17(12-18)29-23-14-24(28-16-27-23)30-19-9-10-22(21(32)13-19)34-15-20-6-3-4-11-26-20/h2-14,16,32H,1,15H2,(H,31,33)(H2,27,28,29,30). The number of nitrogens with one attached hydrogen (secondary N) is 3. The summed E-state index contributed by atoms with van der Waals surface area (Å²) in [5, 5.41) is 19.3.